The smallest absolute Gasteiger partial charge is 0.407 e. The van der Waals surface area contributed by atoms with Crippen molar-refractivity contribution in [3.63, 3.8) is 0 Å². The van der Waals surface area contributed by atoms with Crippen LogP contribution in [0.15, 0.2) is 72.8 Å². The molecule has 0 unspecified atom stereocenters. The second-order valence-electron chi connectivity index (χ2n) is 7.52. The Balaban J connectivity index is 1.17. The van der Waals surface area contributed by atoms with Crippen molar-refractivity contribution in [3.05, 3.63) is 89.5 Å². The predicted octanol–water partition coefficient (Wildman–Crippen LogP) is 4.70. The first-order chi connectivity index (χ1) is 15.2. The minimum absolute atomic E-state index is 0.0576. The van der Waals surface area contributed by atoms with E-state index in [1.54, 1.807) is 0 Å². The summed E-state index contributed by atoms with van der Waals surface area (Å²) in [5, 5.41) is 10.6. The minimum atomic E-state index is -0.427. The van der Waals surface area contributed by atoms with Crippen LogP contribution < -0.4 is 11.1 Å². The van der Waals surface area contributed by atoms with Gasteiger partial charge >= 0.3 is 6.09 Å². The van der Waals surface area contributed by atoms with Crippen LogP contribution in [0.4, 0.5) is 10.6 Å². The lowest BCUT2D eigenvalue weighted by Gasteiger charge is -2.14. The van der Waals surface area contributed by atoms with Crippen LogP contribution in [-0.2, 0) is 4.74 Å². The standard InChI is InChI=1S/C25H22N4O2/c26-24-21-12-11-16(14-23(21)28-29-24)6-5-13-27-25(30)31-15-22-19-9-3-1-7-17(19)18-8-2-4-10-20(18)22/h1-12,14,22H,13,15H2,(H,27,30)(H3,26,28,29). The van der Waals surface area contributed by atoms with Gasteiger partial charge < -0.3 is 15.8 Å². The Morgan fingerprint density at radius 2 is 1.77 bits per heavy atom. The van der Waals surface area contributed by atoms with E-state index in [4.69, 9.17) is 10.5 Å². The molecule has 0 saturated carbocycles. The number of ether oxygens (including phenoxy) is 1. The number of nitrogens with one attached hydrogen (secondary N) is 2. The van der Waals surface area contributed by atoms with Gasteiger partial charge in [0, 0.05) is 17.8 Å². The normalized spacial score (nSPS) is 12.8. The molecule has 0 atom stereocenters. The van der Waals surface area contributed by atoms with Gasteiger partial charge in [0.05, 0.1) is 5.52 Å². The van der Waals surface area contributed by atoms with E-state index >= 15 is 0 Å². The number of benzene rings is 3. The summed E-state index contributed by atoms with van der Waals surface area (Å²) >= 11 is 0. The number of anilines is 1. The molecule has 0 saturated heterocycles. The fourth-order valence-electron chi connectivity index (χ4n) is 4.15. The third-order valence-corrected chi connectivity index (χ3v) is 5.63. The lowest BCUT2D eigenvalue weighted by molar-refractivity contribution is 0.144. The molecular formula is C25H22N4O2. The number of hydrogen-bond donors (Lipinski definition) is 3. The van der Waals surface area contributed by atoms with Gasteiger partial charge in [0.25, 0.3) is 0 Å². The number of carbonyl (C=O) groups excluding carboxylic acids is 1. The Morgan fingerprint density at radius 3 is 2.52 bits per heavy atom. The van der Waals surface area contributed by atoms with Crippen LogP contribution in [0.25, 0.3) is 28.1 Å². The van der Waals surface area contributed by atoms with Gasteiger partial charge in [-0.2, -0.15) is 5.10 Å². The van der Waals surface area contributed by atoms with E-state index in [0.29, 0.717) is 19.0 Å². The highest BCUT2D eigenvalue weighted by molar-refractivity contribution is 5.90. The van der Waals surface area contributed by atoms with E-state index in [9.17, 15) is 4.79 Å². The number of aromatic nitrogens is 2. The summed E-state index contributed by atoms with van der Waals surface area (Å²) < 4.78 is 5.54. The van der Waals surface area contributed by atoms with E-state index in [1.165, 1.54) is 22.3 Å². The molecule has 6 heteroatoms. The second kappa shape index (κ2) is 7.99. The number of nitrogens with two attached hydrogens (primary N) is 1. The molecule has 6 nitrogen and oxygen atoms in total. The first-order valence-electron chi connectivity index (χ1n) is 10.2. The lowest BCUT2D eigenvalue weighted by Crippen LogP contribution is -2.26. The van der Waals surface area contributed by atoms with Crippen LogP contribution in [-0.4, -0.2) is 29.4 Å². The minimum Gasteiger partial charge on any atom is -0.449 e. The molecule has 3 aromatic carbocycles. The number of aromatic amines is 1. The Morgan fingerprint density at radius 1 is 1.06 bits per heavy atom. The molecule has 4 aromatic rings. The van der Waals surface area contributed by atoms with Crippen LogP contribution in [0.2, 0.25) is 0 Å². The maximum Gasteiger partial charge on any atom is 0.407 e. The van der Waals surface area contributed by atoms with E-state index in [0.717, 1.165) is 16.5 Å². The van der Waals surface area contributed by atoms with Gasteiger partial charge in [-0.3, -0.25) is 5.10 Å². The van der Waals surface area contributed by atoms with E-state index < -0.39 is 6.09 Å². The van der Waals surface area contributed by atoms with Crippen LogP contribution >= 0.6 is 0 Å². The van der Waals surface area contributed by atoms with Crippen molar-refractivity contribution >= 4 is 28.9 Å². The number of amides is 1. The summed E-state index contributed by atoms with van der Waals surface area (Å²) in [6.07, 6.45) is 3.38. The van der Waals surface area contributed by atoms with Crippen molar-refractivity contribution in [1.29, 1.82) is 0 Å². The summed E-state index contributed by atoms with van der Waals surface area (Å²) in [5.74, 6) is 0.546. The molecule has 1 aromatic heterocycles. The molecule has 0 radical (unpaired) electrons. The summed E-state index contributed by atoms with van der Waals surface area (Å²) in [7, 11) is 0. The van der Waals surface area contributed by atoms with Crippen molar-refractivity contribution in [1.82, 2.24) is 15.5 Å². The van der Waals surface area contributed by atoms with E-state index in [-0.39, 0.29) is 5.92 Å². The fraction of sp³-hybridized carbons (Fsp3) is 0.120. The van der Waals surface area contributed by atoms with Crippen molar-refractivity contribution in [2.45, 2.75) is 5.92 Å². The third kappa shape index (κ3) is 3.64. The monoisotopic (exact) mass is 410 g/mol. The molecule has 0 fully saturated rings. The van der Waals surface area contributed by atoms with Gasteiger partial charge in [0.15, 0.2) is 5.82 Å². The van der Waals surface area contributed by atoms with Gasteiger partial charge in [-0.1, -0.05) is 66.7 Å². The number of nitrogens with zero attached hydrogens (tertiary/aromatic N) is 1. The van der Waals surface area contributed by atoms with Gasteiger partial charge in [-0.15, -0.1) is 0 Å². The van der Waals surface area contributed by atoms with Gasteiger partial charge in [-0.25, -0.2) is 4.79 Å². The second-order valence-corrected chi connectivity index (χ2v) is 7.52. The Kier molecular flexibility index (Phi) is 4.88. The topological polar surface area (TPSA) is 93.0 Å². The van der Waals surface area contributed by atoms with Gasteiger partial charge in [0.2, 0.25) is 0 Å². The zero-order valence-electron chi connectivity index (χ0n) is 16.8. The number of carbonyl (C=O) groups is 1. The maximum atomic E-state index is 12.2. The average molecular weight is 410 g/mol. The molecule has 0 aliphatic heterocycles. The Hall–Kier alpha value is -4.06. The molecule has 4 N–H and O–H groups in total. The Labute approximate surface area is 179 Å². The van der Waals surface area contributed by atoms with Crippen molar-refractivity contribution in [2.24, 2.45) is 0 Å². The molecule has 1 amide bonds. The highest BCUT2D eigenvalue weighted by Gasteiger charge is 2.28. The molecule has 5 rings (SSSR count). The van der Waals surface area contributed by atoms with E-state index in [1.807, 2.05) is 54.6 Å². The molecule has 0 bridgehead atoms. The van der Waals surface area contributed by atoms with Crippen LogP contribution in [0.1, 0.15) is 22.6 Å². The average Bonchev–Trinajstić information content (AvgIpc) is 3.33. The number of alkyl carbamates (subject to hydrolysis) is 1. The number of nitrogen functional groups attached to an aromatic ring is 1. The first-order valence-corrected chi connectivity index (χ1v) is 10.2. The summed E-state index contributed by atoms with van der Waals surface area (Å²) in [6, 6.07) is 22.4. The Bertz CT molecular complexity index is 1250. The zero-order valence-corrected chi connectivity index (χ0v) is 16.8. The summed E-state index contributed by atoms with van der Waals surface area (Å²) in [5.41, 5.74) is 12.5. The summed E-state index contributed by atoms with van der Waals surface area (Å²) in [4.78, 5) is 12.2. The fourth-order valence-corrected chi connectivity index (χ4v) is 4.15. The van der Waals surface area contributed by atoms with Crippen molar-refractivity contribution < 1.29 is 9.53 Å². The molecule has 154 valence electrons. The molecule has 1 heterocycles. The van der Waals surface area contributed by atoms with Crippen molar-refractivity contribution in [3.8, 4) is 11.1 Å². The molecule has 0 spiro atoms. The predicted molar refractivity (Wildman–Crippen MR) is 123 cm³/mol. The number of rotatable bonds is 5. The molecule has 1 aliphatic carbocycles. The third-order valence-electron chi connectivity index (χ3n) is 5.63. The number of fused-ring (bicyclic) bond motifs is 4. The zero-order chi connectivity index (χ0) is 21.2. The van der Waals surface area contributed by atoms with Crippen LogP contribution in [0.3, 0.4) is 0 Å². The van der Waals surface area contributed by atoms with E-state index in [2.05, 4.69) is 39.8 Å². The highest BCUT2D eigenvalue weighted by Crippen LogP contribution is 2.44. The van der Waals surface area contributed by atoms with Crippen molar-refractivity contribution in [2.75, 3.05) is 18.9 Å². The summed E-state index contributed by atoms with van der Waals surface area (Å²) in [6.45, 7) is 0.682. The SMILES string of the molecule is Nc1n[nH]c2cc(C=CCNC(=O)OCC3c4ccccc4-c4ccccc43)ccc12. The van der Waals surface area contributed by atoms with Crippen LogP contribution in [0, 0.1) is 0 Å². The number of H-pyrrole nitrogens is 1. The molecule has 1 aliphatic rings. The van der Waals surface area contributed by atoms with Gasteiger partial charge in [-0.05, 0) is 39.9 Å². The largest absolute Gasteiger partial charge is 0.449 e. The first kappa shape index (κ1) is 18.9. The lowest BCUT2D eigenvalue weighted by atomic mass is 9.98. The maximum absolute atomic E-state index is 12.2. The van der Waals surface area contributed by atoms with Gasteiger partial charge in [0.1, 0.15) is 6.61 Å². The molecule has 31 heavy (non-hydrogen) atoms. The quantitative estimate of drug-likeness (QED) is 0.445. The van der Waals surface area contributed by atoms with Crippen LogP contribution in [0.5, 0.6) is 0 Å². The number of hydrogen-bond acceptors (Lipinski definition) is 4. The molecular weight excluding hydrogens is 388 g/mol. The highest BCUT2D eigenvalue weighted by atomic mass is 16.5.